The SMILES string of the molecule is CCCn1c(C(=O)O)ccc1-c1ccc(Cl)c(Cl)c1. The van der Waals surface area contributed by atoms with Crippen LogP contribution in [-0.2, 0) is 6.54 Å². The molecule has 0 fully saturated rings. The van der Waals surface area contributed by atoms with Crippen molar-refractivity contribution in [3.8, 4) is 11.3 Å². The van der Waals surface area contributed by atoms with Gasteiger partial charge < -0.3 is 9.67 Å². The average molecular weight is 298 g/mol. The Kier molecular flexibility index (Phi) is 4.17. The summed E-state index contributed by atoms with van der Waals surface area (Å²) in [7, 11) is 0. The van der Waals surface area contributed by atoms with Crippen LogP contribution in [0, 0.1) is 0 Å². The first-order valence-electron chi connectivity index (χ1n) is 5.92. The number of benzene rings is 1. The van der Waals surface area contributed by atoms with Crippen LogP contribution in [0.5, 0.6) is 0 Å². The lowest BCUT2D eigenvalue weighted by Crippen LogP contribution is -2.09. The molecule has 0 radical (unpaired) electrons. The zero-order chi connectivity index (χ0) is 14.0. The molecule has 0 bridgehead atoms. The Morgan fingerprint density at radius 1 is 1.21 bits per heavy atom. The first kappa shape index (κ1) is 14.0. The molecule has 1 aromatic carbocycles. The van der Waals surface area contributed by atoms with E-state index in [0.29, 0.717) is 16.6 Å². The largest absolute Gasteiger partial charge is 0.477 e. The van der Waals surface area contributed by atoms with Crippen LogP contribution in [0.4, 0.5) is 0 Å². The van der Waals surface area contributed by atoms with Gasteiger partial charge in [-0.25, -0.2) is 4.79 Å². The van der Waals surface area contributed by atoms with Crippen molar-refractivity contribution < 1.29 is 9.90 Å². The maximum atomic E-state index is 11.2. The highest BCUT2D eigenvalue weighted by molar-refractivity contribution is 6.42. The molecular formula is C14H13Cl2NO2. The van der Waals surface area contributed by atoms with Gasteiger partial charge in [-0.1, -0.05) is 36.2 Å². The molecule has 0 amide bonds. The molecule has 0 aliphatic heterocycles. The summed E-state index contributed by atoms with van der Waals surface area (Å²) in [6.45, 7) is 2.65. The Balaban J connectivity index is 2.55. The van der Waals surface area contributed by atoms with E-state index in [1.165, 1.54) is 0 Å². The summed E-state index contributed by atoms with van der Waals surface area (Å²) in [5.74, 6) is -0.931. The standard InChI is InChI=1S/C14H13Cl2NO2/c1-2-7-17-12(5-6-13(17)14(18)19)9-3-4-10(15)11(16)8-9/h3-6,8H,2,7H2,1H3,(H,18,19). The second-order valence-corrected chi connectivity index (χ2v) is 5.00. The van der Waals surface area contributed by atoms with Crippen LogP contribution in [0.1, 0.15) is 23.8 Å². The molecule has 0 unspecified atom stereocenters. The number of halogens is 2. The predicted octanol–water partition coefficient (Wildman–Crippen LogP) is 4.57. The number of nitrogens with zero attached hydrogens (tertiary/aromatic N) is 1. The summed E-state index contributed by atoms with van der Waals surface area (Å²) in [5.41, 5.74) is 1.97. The van der Waals surface area contributed by atoms with Gasteiger partial charge in [0.05, 0.1) is 10.0 Å². The molecule has 100 valence electrons. The minimum absolute atomic E-state index is 0.280. The summed E-state index contributed by atoms with van der Waals surface area (Å²) >= 11 is 11.9. The van der Waals surface area contributed by atoms with Crippen LogP contribution >= 0.6 is 23.2 Å². The third kappa shape index (κ3) is 2.77. The van der Waals surface area contributed by atoms with E-state index in [1.54, 1.807) is 28.8 Å². The Morgan fingerprint density at radius 3 is 2.53 bits per heavy atom. The van der Waals surface area contributed by atoms with Crippen LogP contribution in [0.25, 0.3) is 11.3 Å². The molecule has 0 saturated carbocycles. The van der Waals surface area contributed by atoms with E-state index >= 15 is 0 Å². The van der Waals surface area contributed by atoms with Gasteiger partial charge >= 0.3 is 5.97 Å². The lowest BCUT2D eigenvalue weighted by molar-refractivity contribution is 0.0685. The number of carboxylic acid groups (broad SMARTS) is 1. The Morgan fingerprint density at radius 2 is 1.95 bits per heavy atom. The van der Waals surface area contributed by atoms with E-state index in [2.05, 4.69) is 0 Å². The van der Waals surface area contributed by atoms with E-state index in [4.69, 9.17) is 23.2 Å². The fraction of sp³-hybridized carbons (Fsp3) is 0.214. The number of hydrogen-bond acceptors (Lipinski definition) is 1. The van der Waals surface area contributed by atoms with E-state index < -0.39 is 5.97 Å². The van der Waals surface area contributed by atoms with Gasteiger partial charge in [-0.15, -0.1) is 0 Å². The second kappa shape index (κ2) is 5.68. The topological polar surface area (TPSA) is 42.2 Å². The number of carboxylic acids is 1. The maximum Gasteiger partial charge on any atom is 0.352 e. The second-order valence-electron chi connectivity index (χ2n) is 4.19. The monoisotopic (exact) mass is 297 g/mol. The molecule has 2 aromatic rings. The lowest BCUT2D eigenvalue weighted by Gasteiger charge is -2.11. The normalized spacial score (nSPS) is 10.7. The van der Waals surface area contributed by atoms with Crippen molar-refractivity contribution in [2.24, 2.45) is 0 Å². The third-order valence-electron chi connectivity index (χ3n) is 2.86. The van der Waals surface area contributed by atoms with Gasteiger partial charge in [0, 0.05) is 12.2 Å². The highest BCUT2D eigenvalue weighted by atomic mass is 35.5. The molecule has 5 heteroatoms. The van der Waals surface area contributed by atoms with E-state index in [-0.39, 0.29) is 5.69 Å². The van der Waals surface area contributed by atoms with E-state index in [9.17, 15) is 9.90 Å². The van der Waals surface area contributed by atoms with Crippen LogP contribution in [0.2, 0.25) is 10.0 Å². The minimum Gasteiger partial charge on any atom is -0.477 e. The number of aromatic carboxylic acids is 1. The summed E-state index contributed by atoms with van der Waals surface area (Å²) < 4.78 is 1.78. The molecule has 1 N–H and O–H groups in total. The lowest BCUT2D eigenvalue weighted by atomic mass is 10.1. The maximum absolute atomic E-state index is 11.2. The molecule has 0 aliphatic rings. The Bertz CT molecular complexity index is 620. The smallest absolute Gasteiger partial charge is 0.352 e. The van der Waals surface area contributed by atoms with Crippen molar-refractivity contribution in [2.45, 2.75) is 19.9 Å². The summed E-state index contributed by atoms with van der Waals surface area (Å²) in [5, 5.41) is 10.1. The first-order valence-corrected chi connectivity index (χ1v) is 6.68. The van der Waals surface area contributed by atoms with Crippen molar-refractivity contribution in [3.05, 3.63) is 46.1 Å². The van der Waals surface area contributed by atoms with Crippen molar-refractivity contribution in [2.75, 3.05) is 0 Å². The molecule has 19 heavy (non-hydrogen) atoms. The predicted molar refractivity (Wildman–Crippen MR) is 77.1 cm³/mol. The zero-order valence-corrected chi connectivity index (χ0v) is 11.9. The van der Waals surface area contributed by atoms with E-state index in [0.717, 1.165) is 17.7 Å². The van der Waals surface area contributed by atoms with Crippen LogP contribution < -0.4 is 0 Å². The van der Waals surface area contributed by atoms with Crippen LogP contribution in [-0.4, -0.2) is 15.6 Å². The first-order chi connectivity index (χ1) is 9.04. The molecule has 0 aliphatic carbocycles. The van der Waals surface area contributed by atoms with Gasteiger partial charge in [-0.3, -0.25) is 0 Å². The molecule has 0 spiro atoms. The van der Waals surface area contributed by atoms with Gasteiger partial charge in [0.15, 0.2) is 0 Å². The molecule has 3 nitrogen and oxygen atoms in total. The number of carbonyl (C=O) groups is 1. The Labute approximate surface area is 121 Å². The molecule has 1 heterocycles. The molecular weight excluding hydrogens is 285 g/mol. The molecule has 0 atom stereocenters. The average Bonchev–Trinajstić information content (AvgIpc) is 2.77. The third-order valence-corrected chi connectivity index (χ3v) is 3.60. The quantitative estimate of drug-likeness (QED) is 0.898. The fourth-order valence-corrected chi connectivity index (χ4v) is 2.32. The number of rotatable bonds is 4. The molecule has 0 saturated heterocycles. The highest BCUT2D eigenvalue weighted by Gasteiger charge is 2.15. The zero-order valence-electron chi connectivity index (χ0n) is 10.4. The van der Waals surface area contributed by atoms with Gasteiger partial charge in [0.2, 0.25) is 0 Å². The van der Waals surface area contributed by atoms with Crippen molar-refractivity contribution >= 4 is 29.2 Å². The van der Waals surface area contributed by atoms with Crippen LogP contribution in [0.15, 0.2) is 30.3 Å². The molecule has 2 rings (SSSR count). The minimum atomic E-state index is -0.931. The van der Waals surface area contributed by atoms with Gasteiger partial charge in [0.1, 0.15) is 5.69 Å². The molecule has 1 aromatic heterocycles. The summed E-state index contributed by atoms with van der Waals surface area (Å²) in [4.78, 5) is 11.2. The fourth-order valence-electron chi connectivity index (χ4n) is 2.03. The van der Waals surface area contributed by atoms with Gasteiger partial charge in [-0.05, 0) is 36.2 Å². The van der Waals surface area contributed by atoms with Crippen molar-refractivity contribution in [3.63, 3.8) is 0 Å². The van der Waals surface area contributed by atoms with Crippen molar-refractivity contribution in [1.29, 1.82) is 0 Å². The van der Waals surface area contributed by atoms with E-state index in [1.807, 2.05) is 13.0 Å². The van der Waals surface area contributed by atoms with Gasteiger partial charge in [-0.2, -0.15) is 0 Å². The Hall–Kier alpha value is -1.45. The van der Waals surface area contributed by atoms with Crippen molar-refractivity contribution in [1.82, 2.24) is 4.57 Å². The van der Waals surface area contributed by atoms with Crippen LogP contribution in [0.3, 0.4) is 0 Å². The highest BCUT2D eigenvalue weighted by Crippen LogP contribution is 2.30. The van der Waals surface area contributed by atoms with Gasteiger partial charge in [0.25, 0.3) is 0 Å². The summed E-state index contributed by atoms with van der Waals surface area (Å²) in [6, 6.07) is 8.69. The summed E-state index contributed by atoms with van der Waals surface area (Å²) in [6.07, 6.45) is 0.850. The number of hydrogen-bond donors (Lipinski definition) is 1. The number of aromatic nitrogens is 1.